The maximum Gasteiger partial charge on any atom is 0.324 e. The molecule has 1 aromatic heterocycles. The van der Waals surface area contributed by atoms with E-state index in [2.05, 4.69) is 28.0 Å². The fourth-order valence-corrected chi connectivity index (χ4v) is 2.85. The van der Waals surface area contributed by atoms with Gasteiger partial charge in [0.2, 0.25) is 0 Å². The van der Waals surface area contributed by atoms with E-state index in [-0.39, 0.29) is 18.1 Å². The maximum atomic E-state index is 12.3. The van der Waals surface area contributed by atoms with Crippen molar-refractivity contribution >= 4 is 29.3 Å². The summed E-state index contributed by atoms with van der Waals surface area (Å²) in [6.07, 6.45) is 4.12. The summed E-state index contributed by atoms with van der Waals surface area (Å²) in [6, 6.07) is 8.56. The molecule has 3 rings (SSSR count). The van der Waals surface area contributed by atoms with E-state index in [4.69, 9.17) is 0 Å². The highest BCUT2D eigenvalue weighted by molar-refractivity contribution is 5.99. The molecule has 8 nitrogen and oxygen atoms in total. The van der Waals surface area contributed by atoms with Crippen LogP contribution in [0.25, 0.3) is 0 Å². The molecule has 0 saturated heterocycles. The second-order valence-electron chi connectivity index (χ2n) is 6.48. The van der Waals surface area contributed by atoms with Crippen molar-refractivity contribution in [3.8, 4) is 0 Å². The Bertz CT molecular complexity index is 781. The number of urea groups is 2. The van der Waals surface area contributed by atoms with Gasteiger partial charge in [-0.05, 0) is 49.9 Å². The van der Waals surface area contributed by atoms with E-state index in [1.807, 2.05) is 4.68 Å². The number of amides is 4. The number of nitrogens with zero attached hydrogens (tertiary/aromatic N) is 3. The highest BCUT2D eigenvalue weighted by Crippen LogP contribution is 2.40. The molecule has 0 bridgehead atoms. The topological polar surface area (TPSA) is 91.3 Å². The van der Waals surface area contributed by atoms with Crippen LogP contribution in [-0.4, -0.2) is 35.9 Å². The second-order valence-corrected chi connectivity index (χ2v) is 6.48. The van der Waals surface area contributed by atoms with E-state index >= 15 is 0 Å². The van der Waals surface area contributed by atoms with Gasteiger partial charge in [-0.25, -0.2) is 14.3 Å². The Hall–Kier alpha value is -3.03. The zero-order valence-electron chi connectivity index (χ0n) is 15.2. The Morgan fingerprint density at radius 1 is 1.19 bits per heavy atom. The van der Waals surface area contributed by atoms with Gasteiger partial charge in [-0.1, -0.05) is 0 Å². The first kappa shape index (κ1) is 17.8. The summed E-state index contributed by atoms with van der Waals surface area (Å²) < 4.78 is 1.86. The normalized spacial score (nSPS) is 14.4. The number of benzene rings is 1. The number of carbonyl (C=O) groups is 2. The smallest absolute Gasteiger partial charge is 0.324 e. The fourth-order valence-electron chi connectivity index (χ4n) is 2.85. The van der Waals surface area contributed by atoms with Gasteiger partial charge in [0, 0.05) is 31.5 Å². The van der Waals surface area contributed by atoms with Crippen LogP contribution in [0.1, 0.15) is 25.8 Å². The second kappa shape index (κ2) is 7.47. The number of rotatable bonds is 5. The summed E-state index contributed by atoms with van der Waals surface area (Å²) in [6.45, 7) is 2.12. The van der Waals surface area contributed by atoms with Gasteiger partial charge >= 0.3 is 12.1 Å². The molecule has 0 aliphatic heterocycles. The predicted octanol–water partition coefficient (Wildman–Crippen LogP) is 3.27. The first-order valence-corrected chi connectivity index (χ1v) is 8.66. The first-order valence-electron chi connectivity index (χ1n) is 8.66. The van der Waals surface area contributed by atoms with Crippen LogP contribution in [0.2, 0.25) is 0 Å². The van der Waals surface area contributed by atoms with Crippen LogP contribution >= 0.6 is 0 Å². The van der Waals surface area contributed by atoms with Gasteiger partial charge in [0.15, 0.2) is 0 Å². The Morgan fingerprint density at radius 3 is 2.50 bits per heavy atom. The molecule has 1 heterocycles. The maximum absolute atomic E-state index is 12.3. The molecular weight excluding hydrogens is 332 g/mol. The summed E-state index contributed by atoms with van der Waals surface area (Å²) in [5, 5.41) is 12.5. The van der Waals surface area contributed by atoms with Crippen LogP contribution in [-0.2, 0) is 0 Å². The number of hydrogen-bond acceptors (Lipinski definition) is 3. The van der Waals surface area contributed by atoms with Crippen LogP contribution < -0.4 is 20.9 Å². The van der Waals surface area contributed by atoms with E-state index in [9.17, 15) is 9.59 Å². The zero-order valence-corrected chi connectivity index (χ0v) is 15.2. The average molecular weight is 356 g/mol. The lowest BCUT2D eigenvalue weighted by atomic mass is 10.2. The molecule has 0 spiro atoms. The van der Waals surface area contributed by atoms with Gasteiger partial charge < -0.3 is 10.6 Å². The summed E-state index contributed by atoms with van der Waals surface area (Å²) in [5.41, 5.74) is 1.37. The van der Waals surface area contributed by atoms with E-state index in [1.54, 1.807) is 50.6 Å². The Morgan fingerprint density at radius 2 is 1.88 bits per heavy atom. The van der Waals surface area contributed by atoms with Gasteiger partial charge in [0.25, 0.3) is 0 Å². The lowest BCUT2D eigenvalue weighted by Crippen LogP contribution is -2.34. The molecular formula is C18H24N6O2. The van der Waals surface area contributed by atoms with Crippen molar-refractivity contribution in [2.45, 2.75) is 25.8 Å². The van der Waals surface area contributed by atoms with Crippen LogP contribution in [0.3, 0.4) is 0 Å². The van der Waals surface area contributed by atoms with Crippen molar-refractivity contribution in [3.63, 3.8) is 0 Å². The number of carbonyl (C=O) groups excluding carboxylic acids is 2. The van der Waals surface area contributed by atoms with Crippen LogP contribution in [0.15, 0.2) is 36.5 Å². The quantitative estimate of drug-likeness (QED) is 0.768. The molecule has 138 valence electrons. The van der Waals surface area contributed by atoms with Crippen molar-refractivity contribution < 1.29 is 9.59 Å². The minimum Gasteiger partial charge on any atom is -0.341 e. The molecule has 1 fully saturated rings. The van der Waals surface area contributed by atoms with Crippen molar-refractivity contribution in [2.75, 3.05) is 29.6 Å². The third kappa shape index (κ3) is 3.96. The molecule has 0 radical (unpaired) electrons. The predicted molar refractivity (Wildman–Crippen MR) is 102 cm³/mol. The lowest BCUT2D eigenvalue weighted by molar-refractivity contribution is 0.249. The number of anilines is 3. The standard InChI is InChI=1S/C18H24N6O2/c1-12(13-4-5-13)24-16(10-11-20-24)22-17(25)21-14-6-8-15(9-7-14)23(3)18(26)19-2/h6-13H,4-5H2,1-3H3,(H,19,26)(H2,21,22,25). The van der Waals surface area contributed by atoms with Gasteiger partial charge in [0.05, 0.1) is 12.2 Å². The van der Waals surface area contributed by atoms with E-state index in [0.29, 0.717) is 17.4 Å². The molecule has 1 aromatic carbocycles. The molecule has 3 N–H and O–H groups in total. The Labute approximate surface area is 152 Å². The molecule has 4 amide bonds. The van der Waals surface area contributed by atoms with Crippen molar-refractivity contribution in [1.29, 1.82) is 0 Å². The van der Waals surface area contributed by atoms with Gasteiger partial charge in [-0.15, -0.1) is 0 Å². The Balaban J connectivity index is 1.60. The van der Waals surface area contributed by atoms with Crippen LogP contribution in [0, 0.1) is 5.92 Å². The minimum absolute atomic E-state index is 0.207. The monoisotopic (exact) mass is 356 g/mol. The molecule has 1 aliphatic rings. The van der Waals surface area contributed by atoms with Crippen molar-refractivity contribution in [1.82, 2.24) is 15.1 Å². The average Bonchev–Trinajstić information content (AvgIpc) is 3.40. The van der Waals surface area contributed by atoms with Gasteiger partial charge in [-0.3, -0.25) is 10.2 Å². The summed E-state index contributed by atoms with van der Waals surface area (Å²) in [5.74, 6) is 1.32. The van der Waals surface area contributed by atoms with E-state index in [0.717, 1.165) is 5.69 Å². The number of nitrogens with one attached hydrogen (secondary N) is 3. The fraction of sp³-hybridized carbons (Fsp3) is 0.389. The number of aromatic nitrogens is 2. The molecule has 26 heavy (non-hydrogen) atoms. The SMILES string of the molecule is CNC(=O)N(C)c1ccc(NC(=O)Nc2ccnn2C(C)C2CC2)cc1. The third-order valence-corrected chi connectivity index (χ3v) is 4.63. The van der Waals surface area contributed by atoms with Gasteiger partial charge in [0.1, 0.15) is 5.82 Å². The summed E-state index contributed by atoms with van der Waals surface area (Å²) in [7, 11) is 3.25. The third-order valence-electron chi connectivity index (χ3n) is 4.63. The van der Waals surface area contributed by atoms with E-state index in [1.165, 1.54) is 17.7 Å². The highest BCUT2D eigenvalue weighted by Gasteiger charge is 2.30. The number of hydrogen-bond donors (Lipinski definition) is 3. The van der Waals surface area contributed by atoms with E-state index < -0.39 is 0 Å². The summed E-state index contributed by atoms with van der Waals surface area (Å²) >= 11 is 0. The lowest BCUT2D eigenvalue weighted by Gasteiger charge is -2.17. The molecule has 2 aromatic rings. The van der Waals surface area contributed by atoms with Crippen LogP contribution in [0.5, 0.6) is 0 Å². The molecule has 1 aliphatic carbocycles. The van der Waals surface area contributed by atoms with Gasteiger partial charge in [-0.2, -0.15) is 5.10 Å². The zero-order chi connectivity index (χ0) is 18.7. The summed E-state index contributed by atoms with van der Waals surface area (Å²) in [4.78, 5) is 25.4. The Kier molecular flexibility index (Phi) is 5.11. The highest BCUT2D eigenvalue weighted by atomic mass is 16.2. The van der Waals surface area contributed by atoms with Crippen molar-refractivity contribution in [3.05, 3.63) is 36.5 Å². The van der Waals surface area contributed by atoms with Crippen LogP contribution in [0.4, 0.5) is 26.8 Å². The molecule has 1 atom stereocenters. The first-order chi connectivity index (χ1) is 12.5. The molecule has 8 heteroatoms. The molecule has 1 unspecified atom stereocenters. The largest absolute Gasteiger partial charge is 0.341 e. The van der Waals surface area contributed by atoms with Crippen molar-refractivity contribution in [2.24, 2.45) is 5.92 Å². The minimum atomic E-state index is -0.331. The molecule has 1 saturated carbocycles.